The molecule has 0 saturated heterocycles. The summed E-state index contributed by atoms with van der Waals surface area (Å²) in [5, 5.41) is 11.8. The van der Waals surface area contributed by atoms with Crippen LogP contribution in [0.4, 0.5) is 0 Å². The van der Waals surface area contributed by atoms with Gasteiger partial charge in [0, 0.05) is 12.8 Å². The molecule has 0 heterocycles. The Labute approximate surface area is 536 Å². The molecule has 0 saturated carbocycles. The van der Waals surface area contributed by atoms with Gasteiger partial charge in [0.1, 0.15) is 13.2 Å². The zero-order valence-electron chi connectivity index (χ0n) is 57.1. The largest absolute Gasteiger partial charge is 0.545 e. The van der Waals surface area contributed by atoms with Crippen molar-refractivity contribution in [3.05, 3.63) is 109 Å². The Hall–Kier alpha value is -4.05. The van der Waals surface area contributed by atoms with Gasteiger partial charge in [0.2, 0.25) is 0 Å². The lowest BCUT2D eigenvalue weighted by Gasteiger charge is -2.26. The second-order valence-corrected chi connectivity index (χ2v) is 25.1. The number of aliphatic carboxylic acids is 1. The van der Waals surface area contributed by atoms with Gasteiger partial charge in [0.05, 0.1) is 40.3 Å². The van der Waals surface area contributed by atoms with Gasteiger partial charge in [0.15, 0.2) is 12.4 Å². The van der Waals surface area contributed by atoms with Gasteiger partial charge in [-0.15, -0.1) is 0 Å². The number of quaternary nitrogens is 1. The lowest BCUT2D eigenvalue weighted by molar-refractivity contribution is -0.870. The number of hydrogen-bond acceptors (Lipinski definition) is 8. The summed E-state index contributed by atoms with van der Waals surface area (Å²) < 4.78 is 22.8. The van der Waals surface area contributed by atoms with Crippen molar-refractivity contribution in [2.75, 3.05) is 47.5 Å². The first-order valence-corrected chi connectivity index (χ1v) is 36.0. The number of hydrogen-bond donors (Lipinski definition) is 0. The highest BCUT2D eigenvalue weighted by molar-refractivity contribution is 5.70. The van der Waals surface area contributed by atoms with Crippen LogP contribution < -0.4 is 5.11 Å². The number of esters is 2. The van der Waals surface area contributed by atoms with E-state index in [9.17, 15) is 19.5 Å². The average Bonchev–Trinajstić information content (AvgIpc) is 3.59. The molecule has 0 aromatic heterocycles. The van der Waals surface area contributed by atoms with E-state index < -0.39 is 24.3 Å². The van der Waals surface area contributed by atoms with Crippen molar-refractivity contribution in [1.82, 2.24) is 0 Å². The Balaban J connectivity index is 4.02. The second-order valence-electron chi connectivity index (χ2n) is 25.1. The molecule has 500 valence electrons. The number of carbonyl (C=O) groups is 3. The van der Waals surface area contributed by atoms with Crippen molar-refractivity contribution >= 4 is 17.9 Å². The summed E-state index contributed by atoms with van der Waals surface area (Å²) in [5.74, 6) is -2.29. The van der Waals surface area contributed by atoms with E-state index >= 15 is 0 Å². The fourth-order valence-corrected chi connectivity index (χ4v) is 10.0. The maximum Gasteiger partial charge on any atom is 0.306 e. The van der Waals surface area contributed by atoms with Gasteiger partial charge in [-0.05, 0) is 103 Å². The van der Waals surface area contributed by atoms with Crippen molar-refractivity contribution in [3.63, 3.8) is 0 Å². The van der Waals surface area contributed by atoms with Crippen molar-refractivity contribution in [2.24, 2.45) is 0 Å². The lowest BCUT2D eigenvalue weighted by Crippen LogP contribution is -2.44. The number of unbranched alkanes of at least 4 members (excludes halogenated alkanes) is 33. The summed E-state index contributed by atoms with van der Waals surface area (Å²) in [4.78, 5) is 37.5. The van der Waals surface area contributed by atoms with Crippen molar-refractivity contribution in [3.8, 4) is 0 Å². The van der Waals surface area contributed by atoms with Crippen LogP contribution in [-0.2, 0) is 33.3 Å². The molecule has 0 aliphatic carbocycles. The predicted octanol–water partition coefficient (Wildman–Crippen LogP) is 21.2. The summed E-state index contributed by atoms with van der Waals surface area (Å²) in [7, 11) is 5.93. The van der Waals surface area contributed by atoms with Gasteiger partial charge in [-0.2, -0.15) is 0 Å². The normalized spacial score (nSPS) is 13.3. The molecule has 0 spiro atoms. The molecule has 0 bridgehead atoms. The molecule has 0 aliphatic heterocycles. The fraction of sp³-hybridized carbons (Fsp3) is 0.731. The van der Waals surface area contributed by atoms with E-state index in [0.717, 1.165) is 96.3 Å². The number of allylic oxidation sites excluding steroid dienone is 18. The molecule has 0 rings (SSSR count). The van der Waals surface area contributed by atoms with Gasteiger partial charge in [0.25, 0.3) is 0 Å². The van der Waals surface area contributed by atoms with Crippen molar-refractivity contribution in [2.45, 2.75) is 322 Å². The predicted molar refractivity (Wildman–Crippen MR) is 370 cm³/mol. The SMILES string of the molecule is CC/C=C\C/C=C\C/C=C\C/C=C\C/C=C\C/C=C\CCCCCCCCCCCCCCCCCCCCCCCCC(=O)OC(COC(=O)CCCCCCCC/C=C\C/C=C\C/C=C\CCCCCCC)COC(OCC[N+](C)(C)C)C(=O)[O-]. The first-order chi connectivity index (χ1) is 42.6. The van der Waals surface area contributed by atoms with Gasteiger partial charge >= 0.3 is 11.9 Å². The summed E-state index contributed by atoms with van der Waals surface area (Å²) in [6, 6.07) is 0. The third-order valence-corrected chi connectivity index (χ3v) is 15.5. The molecule has 9 heteroatoms. The number of rotatable bonds is 66. The van der Waals surface area contributed by atoms with Gasteiger partial charge in [-0.1, -0.05) is 303 Å². The molecule has 87 heavy (non-hydrogen) atoms. The molecular formula is C78H135NO8. The number of likely N-dealkylation sites (N-methyl/N-ethyl adjacent to an activating group) is 1. The Morgan fingerprint density at radius 2 is 0.655 bits per heavy atom. The average molecular weight is 1210 g/mol. The zero-order valence-corrected chi connectivity index (χ0v) is 57.1. The fourth-order valence-electron chi connectivity index (χ4n) is 10.0. The minimum absolute atomic E-state index is 0.143. The first-order valence-electron chi connectivity index (χ1n) is 36.0. The van der Waals surface area contributed by atoms with E-state index in [0.29, 0.717) is 17.4 Å². The molecule has 0 radical (unpaired) electrons. The van der Waals surface area contributed by atoms with E-state index in [4.69, 9.17) is 18.9 Å². The Kier molecular flexibility index (Phi) is 64.7. The van der Waals surface area contributed by atoms with E-state index in [1.54, 1.807) is 0 Å². The van der Waals surface area contributed by atoms with Crippen LogP contribution in [0.1, 0.15) is 309 Å². The minimum atomic E-state index is -1.63. The number of nitrogens with zero attached hydrogens (tertiary/aromatic N) is 1. The molecule has 2 unspecified atom stereocenters. The lowest BCUT2D eigenvalue weighted by atomic mass is 10.0. The van der Waals surface area contributed by atoms with Crippen LogP contribution in [0.15, 0.2) is 109 Å². The van der Waals surface area contributed by atoms with E-state index in [2.05, 4.69) is 123 Å². The molecular weight excluding hydrogens is 1080 g/mol. The zero-order chi connectivity index (χ0) is 63.3. The molecule has 0 aromatic carbocycles. The van der Waals surface area contributed by atoms with Crippen molar-refractivity contribution in [1.29, 1.82) is 0 Å². The number of ether oxygens (including phenoxy) is 4. The van der Waals surface area contributed by atoms with Gasteiger partial charge in [-0.25, -0.2) is 0 Å². The topological polar surface area (TPSA) is 111 Å². The van der Waals surface area contributed by atoms with Crippen LogP contribution in [0.5, 0.6) is 0 Å². The number of carbonyl (C=O) groups excluding carboxylic acids is 3. The van der Waals surface area contributed by atoms with E-state index in [-0.39, 0.29) is 38.6 Å². The van der Waals surface area contributed by atoms with Crippen LogP contribution in [-0.4, -0.2) is 82.3 Å². The smallest absolute Gasteiger partial charge is 0.306 e. The van der Waals surface area contributed by atoms with Gasteiger partial charge in [-0.3, -0.25) is 9.59 Å². The highest BCUT2D eigenvalue weighted by Crippen LogP contribution is 2.17. The Morgan fingerprint density at radius 3 is 0.977 bits per heavy atom. The third kappa shape index (κ3) is 69.3. The number of carboxylic acid groups (broad SMARTS) is 1. The standard InChI is InChI=1S/C78H135NO8/c1-6-8-10-12-14-16-18-20-22-24-26-28-29-30-31-32-33-34-35-36-37-38-39-40-41-42-43-44-45-46-47-49-51-53-55-57-59-61-63-65-67-69-76(81)87-74(73-86-78(77(82)83)84-71-70-79(3,4)5)72-85-75(80)68-66-64-62-60-58-56-54-52-50-48-27-25-23-21-19-17-15-13-11-9-7-2/h8,10,14,16,19-22,25-28,30-31,33-34,50,52,74,78H,6-7,9,11-13,15,17-18,23-24,29,32,35-49,51,53-73H2,1-5H3/b10-8-,16-14-,21-19-,22-20-,27-25-,28-26-,31-30-,34-33-,52-50-. The van der Waals surface area contributed by atoms with Crippen LogP contribution in [0, 0.1) is 0 Å². The molecule has 0 N–H and O–H groups in total. The summed E-state index contributed by atoms with van der Waals surface area (Å²) in [6.45, 7) is 4.63. The van der Waals surface area contributed by atoms with Crippen molar-refractivity contribution < 1.29 is 42.9 Å². The molecule has 0 amide bonds. The molecule has 9 nitrogen and oxygen atoms in total. The number of carboxylic acids is 1. The van der Waals surface area contributed by atoms with Crippen LogP contribution in [0.3, 0.4) is 0 Å². The van der Waals surface area contributed by atoms with E-state index in [1.165, 1.54) is 180 Å². The van der Waals surface area contributed by atoms with Crippen LogP contribution in [0.2, 0.25) is 0 Å². The molecule has 0 aromatic rings. The first kappa shape index (κ1) is 83.0. The van der Waals surface area contributed by atoms with E-state index in [1.807, 2.05) is 21.1 Å². The maximum atomic E-state index is 12.9. The summed E-state index contributed by atoms with van der Waals surface area (Å²) in [5.41, 5.74) is 0. The quantitative estimate of drug-likeness (QED) is 0.0195. The van der Waals surface area contributed by atoms with Gasteiger partial charge < -0.3 is 33.3 Å². The highest BCUT2D eigenvalue weighted by atomic mass is 16.7. The monoisotopic (exact) mass is 1210 g/mol. The maximum absolute atomic E-state index is 12.9. The highest BCUT2D eigenvalue weighted by Gasteiger charge is 2.22. The summed E-state index contributed by atoms with van der Waals surface area (Å²) >= 11 is 0. The second kappa shape index (κ2) is 67.9. The third-order valence-electron chi connectivity index (χ3n) is 15.5. The molecule has 0 aliphatic rings. The summed E-state index contributed by atoms with van der Waals surface area (Å²) in [6.07, 6.45) is 91.8. The minimum Gasteiger partial charge on any atom is -0.545 e. The molecule has 0 fully saturated rings. The Bertz CT molecular complexity index is 1800. The molecule has 2 atom stereocenters. The van der Waals surface area contributed by atoms with Crippen LogP contribution >= 0.6 is 0 Å². The van der Waals surface area contributed by atoms with Crippen LogP contribution in [0.25, 0.3) is 0 Å². The Morgan fingerprint density at radius 1 is 0.356 bits per heavy atom.